The van der Waals surface area contributed by atoms with Crippen LogP contribution in [0.15, 0.2) is 60.8 Å². The van der Waals surface area contributed by atoms with E-state index in [1.54, 1.807) is 6.08 Å². The monoisotopic (exact) mass is 1140 g/mol. The third-order valence-corrected chi connectivity index (χ3v) is 16.7. The number of hydrogen-bond donors (Lipinski definition) is 3. The molecule has 0 bridgehead atoms. The number of carbonyl (C=O) groups excluding carboxylic acids is 1. The van der Waals surface area contributed by atoms with Gasteiger partial charge in [-0.1, -0.05) is 312 Å². The van der Waals surface area contributed by atoms with Crippen LogP contribution in [-0.4, -0.2) is 73.4 Å². The molecule has 0 aromatic rings. The Labute approximate surface area is 498 Å². The Morgan fingerprint density at radius 2 is 0.725 bits per heavy atom. The van der Waals surface area contributed by atoms with Crippen LogP contribution in [0.2, 0.25) is 0 Å². The first-order valence-electron chi connectivity index (χ1n) is 34.7. The maximum atomic E-state index is 13.0. The molecule has 9 heteroatoms. The molecule has 0 aliphatic heterocycles. The van der Waals surface area contributed by atoms with E-state index in [0.717, 1.165) is 51.4 Å². The summed E-state index contributed by atoms with van der Waals surface area (Å²) in [6, 6.07) is -0.870. The Bertz CT molecular complexity index is 1490. The number of nitrogens with one attached hydrogen (secondary N) is 1. The van der Waals surface area contributed by atoms with Crippen LogP contribution in [0, 0.1) is 0 Å². The molecule has 0 radical (unpaired) electrons. The van der Waals surface area contributed by atoms with Crippen molar-refractivity contribution in [1.82, 2.24) is 5.32 Å². The van der Waals surface area contributed by atoms with E-state index >= 15 is 0 Å². The van der Waals surface area contributed by atoms with Gasteiger partial charge in [-0.15, -0.1) is 0 Å². The average Bonchev–Trinajstić information content (AvgIpc) is 3.42. The predicted octanol–water partition coefficient (Wildman–Crippen LogP) is 22.0. The van der Waals surface area contributed by atoms with Gasteiger partial charge in [0.05, 0.1) is 39.9 Å². The van der Waals surface area contributed by atoms with Crippen LogP contribution in [0.25, 0.3) is 0 Å². The fourth-order valence-electron chi connectivity index (χ4n) is 10.3. The molecule has 0 aromatic carbocycles. The van der Waals surface area contributed by atoms with E-state index in [0.29, 0.717) is 17.4 Å². The largest absolute Gasteiger partial charge is 0.472 e. The van der Waals surface area contributed by atoms with E-state index in [-0.39, 0.29) is 19.1 Å². The number of likely N-dealkylation sites (N-methyl/N-ethyl adjacent to an activating group) is 1. The standard InChI is InChI=1S/C71H135N2O6P/c1-6-8-10-12-14-16-18-20-22-24-25-26-27-28-29-30-31-32-33-34-35-36-37-38-39-40-41-42-43-44-45-46-47-49-51-53-55-57-59-61-63-65-71(75)72-69(68-79-80(76,77)78-67-66-73(3,4)5)70(74)64-62-60-58-56-54-52-50-48-23-21-19-17-15-13-11-9-7-2/h18,20,23-25,48,54,56,62,64,69-70,74H,6-17,19,21-22,26-47,49-53,55,57-61,63,65-68H2,1-5H3,(H-,72,75,76,77)/p+1/b20-18-,25-24-,48-23+,56-54+,64-62+. The predicted molar refractivity (Wildman–Crippen MR) is 350 cm³/mol. The second kappa shape index (κ2) is 61.8. The molecule has 3 atom stereocenters. The minimum Gasteiger partial charge on any atom is -0.387 e. The van der Waals surface area contributed by atoms with Crippen LogP contribution in [0.5, 0.6) is 0 Å². The molecule has 1 amide bonds. The Morgan fingerprint density at radius 1 is 0.425 bits per heavy atom. The molecule has 80 heavy (non-hydrogen) atoms. The molecule has 0 heterocycles. The van der Waals surface area contributed by atoms with Crippen LogP contribution in [0.3, 0.4) is 0 Å². The Morgan fingerprint density at radius 3 is 1.07 bits per heavy atom. The van der Waals surface area contributed by atoms with Gasteiger partial charge in [0.25, 0.3) is 0 Å². The number of aliphatic hydroxyl groups is 1. The number of phosphoric ester groups is 1. The molecule has 0 aromatic heterocycles. The van der Waals surface area contributed by atoms with Crippen LogP contribution in [0.4, 0.5) is 0 Å². The summed E-state index contributed by atoms with van der Waals surface area (Å²) in [7, 11) is 1.56. The number of nitrogens with zero attached hydrogens (tertiary/aromatic N) is 1. The van der Waals surface area contributed by atoms with Crippen molar-refractivity contribution in [3.63, 3.8) is 0 Å². The van der Waals surface area contributed by atoms with Crippen LogP contribution >= 0.6 is 7.82 Å². The number of aliphatic hydroxyl groups excluding tert-OH is 1. The number of amides is 1. The zero-order valence-corrected chi connectivity index (χ0v) is 54.7. The fraction of sp³-hybridized carbons (Fsp3) is 0.845. The second-order valence-corrected chi connectivity index (χ2v) is 26.3. The lowest BCUT2D eigenvalue weighted by Gasteiger charge is -2.25. The molecule has 3 N–H and O–H groups in total. The van der Waals surface area contributed by atoms with Gasteiger partial charge in [0.15, 0.2) is 0 Å². The van der Waals surface area contributed by atoms with Gasteiger partial charge in [-0.2, -0.15) is 0 Å². The number of hydrogen-bond acceptors (Lipinski definition) is 5. The smallest absolute Gasteiger partial charge is 0.387 e. The van der Waals surface area contributed by atoms with Crippen molar-refractivity contribution in [3.05, 3.63) is 60.8 Å². The zero-order valence-electron chi connectivity index (χ0n) is 53.8. The van der Waals surface area contributed by atoms with E-state index in [1.807, 2.05) is 27.2 Å². The molecule has 0 spiro atoms. The van der Waals surface area contributed by atoms with Gasteiger partial charge >= 0.3 is 7.82 Å². The summed E-state index contributed by atoms with van der Waals surface area (Å²) >= 11 is 0. The first kappa shape index (κ1) is 78.2. The van der Waals surface area contributed by atoms with Crippen molar-refractivity contribution in [3.8, 4) is 0 Å². The minimum absolute atomic E-state index is 0.0540. The molecule has 0 rings (SSSR count). The fourth-order valence-corrected chi connectivity index (χ4v) is 11.0. The first-order valence-corrected chi connectivity index (χ1v) is 36.2. The number of rotatable bonds is 64. The summed E-state index contributed by atoms with van der Waals surface area (Å²) < 4.78 is 23.7. The zero-order chi connectivity index (χ0) is 58.4. The number of quaternary nitrogens is 1. The SMILES string of the molecule is CCCCCCC/C=C\C/C=C\CCCCCCCCCCCCCCCCCCCCCCCCCCCCCCCC(=O)NC(COP(=O)(O)OCC[N+](C)(C)C)C(O)/C=C/CC/C=C/CC/C=C/CCCCCCCCC. The molecular formula is C71H136N2O6P+. The number of phosphoric acid groups is 1. The van der Waals surface area contributed by atoms with Gasteiger partial charge in [0.2, 0.25) is 5.91 Å². The van der Waals surface area contributed by atoms with Gasteiger partial charge in [-0.25, -0.2) is 4.57 Å². The summed E-state index contributed by atoms with van der Waals surface area (Å²) in [5, 5.41) is 13.9. The lowest BCUT2D eigenvalue weighted by molar-refractivity contribution is -0.870. The van der Waals surface area contributed by atoms with Gasteiger partial charge in [-0.3, -0.25) is 13.8 Å². The van der Waals surface area contributed by atoms with Crippen molar-refractivity contribution in [2.45, 2.75) is 347 Å². The normalized spacial score (nSPS) is 14.0. The van der Waals surface area contributed by atoms with Gasteiger partial charge < -0.3 is 19.8 Å². The summed E-state index contributed by atoms with van der Waals surface area (Å²) in [5.41, 5.74) is 0. The third-order valence-electron chi connectivity index (χ3n) is 15.7. The van der Waals surface area contributed by atoms with E-state index in [2.05, 4.69) is 67.8 Å². The molecule has 0 saturated carbocycles. The van der Waals surface area contributed by atoms with Gasteiger partial charge in [0, 0.05) is 6.42 Å². The van der Waals surface area contributed by atoms with Crippen LogP contribution < -0.4 is 5.32 Å². The summed E-state index contributed by atoms with van der Waals surface area (Å²) in [5.74, 6) is -0.186. The first-order chi connectivity index (χ1) is 39.0. The van der Waals surface area contributed by atoms with Crippen molar-refractivity contribution in [2.24, 2.45) is 0 Å². The van der Waals surface area contributed by atoms with Crippen molar-refractivity contribution >= 4 is 13.7 Å². The molecule has 470 valence electrons. The number of allylic oxidation sites excluding steroid dienone is 9. The highest BCUT2D eigenvalue weighted by Crippen LogP contribution is 2.43. The number of unbranched alkanes of at least 4 members (excludes halogenated alkanes) is 43. The summed E-state index contributed by atoms with van der Waals surface area (Å²) in [6.45, 7) is 4.80. The van der Waals surface area contributed by atoms with E-state index in [9.17, 15) is 19.4 Å². The minimum atomic E-state index is -4.36. The number of carbonyl (C=O) groups is 1. The lowest BCUT2D eigenvalue weighted by atomic mass is 10.0. The highest BCUT2D eigenvalue weighted by atomic mass is 31.2. The highest BCUT2D eigenvalue weighted by molar-refractivity contribution is 7.47. The van der Waals surface area contributed by atoms with Crippen LogP contribution in [0.1, 0.15) is 335 Å². The average molecular weight is 1140 g/mol. The maximum absolute atomic E-state index is 13.0. The highest BCUT2D eigenvalue weighted by Gasteiger charge is 2.28. The molecule has 0 saturated heterocycles. The van der Waals surface area contributed by atoms with Crippen molar-refractivity contribution in [2.75, 3.05) is 40.9 Å². The van der Waals surface area contributed by atoms with E-state index in [1.165, 1.54) is 263 Å². The van der Waals surface area contributed by atoms with Gasteiger partial charge in [0.1, 0.15) is 13.2 Å². The van der Waals surface area contributed by atoms with Crippen LogP contribution in [-0.2, 0) is 18.4 Å². The maximum Gasteiger partial charge on any atom is 0.472 e. The molecular weight excluding hydrogens is 1010 g/mol. The van der Waals surface area contributed by atoms with Gasteiger partial charge in [-0.05, 0) is 77.0 Å². The quantitative estimate of drug-likeness (QED) is 0.0243. The molecule has 8 nitrogen and oxygen atoms in total. The Kier molecular flexibility index (Phi) is 60.4. The van der Waals surface area contributed by atoms with E-state index < -0.39 is 20.0 Å². The van der Waals surface area contributed by atoms with Crippen molar-refractivity contribution in [1.29, 1.82) is 0 Å². The van der Waals surface area contributed by atoms with Crippen molar-refractivity contribution < 1.29 is 32.9 Å². The summed E-state index contributed by atoms with van der Waals surface area (Å²) in [4.78, 5) is 23.3. The Balaban J connectivity index is 3.91. The third kappa shape index (κ3) is 63.8. The van der Waals surface area contributed by atoms with E-state index in [4.69, 9.17) is 9.05 Å². The molecule has 0 fully saturated rings. The molecule has 0 aliphatic rings. The topological polar surface area (TPSA) is 105 Å². The molecule has 0 aliphatic carbocycles. The second-order valence-electron chi connectivity index (χ2n) is 24.9. The lowest BCUT2D eigenvalue weighted by Crippen LogP contribution is -2.45. The summed E-state index contributed by atoms with van der Waals surface area (Å²) in [6.07, 6.45) is 85.3. The molecule has 3 unspecified atom stereocenters. The Hall–Kier alpha value is -1.80.